The van der Waals surface area contributed by atoms with E-state index in [1.165, 1.54) is 0 Å². The van der Waals surface area contributed by atoms with Crippen molar-refractivity contribution in [1.82, 2.24) is 5.43 Å². The zero-order valence-corrected chi connectivity index (χ0v) is 9.05. The van der Waals surface area contributed by atoms with Crippen molar-refractivity contribution in [1.29, 1.82) is 10.5 Å². The maximum atomic E-state index is 11.4. The highest BCUT2D eigenvalue weighted by Gasteiger charge is 2.25. The first-order valence-corrected chi connectivity index (χ1v) is 5.19. The van der Waals surface area contributed by atoms with Crippen molar-refractivity contribution in [3.05, 3.63) is 29.8 Å². The van der Waals surface area contributed by atoms with Crippen molar-refractivity contribution in [2.24, 2.45) is 5.92 Å². The quantitative estimate of drug-likeness (QED) is 0.772. The molecule has 0 spiro atoms. The summed E-state index contributed by atoms with van der Waals surface area (Å²) >= 11 is 0. The molecule has 17 heavy (non-hydrogen) atoms. The Balaban J connectivity index is 2.24. The van der Waals surface area contributed by atoms with Crippen LogP contribution in [0.1, 0.15) is 12.0 Å². The van der Waals surface area contributed by atoms with Crippen LogP contribution in [-0.4, -0.2) is 12.5 Å². The second kappa shape index (κ2) is 4.54. The lowest BCUT2D eigenvalue weighted by atomic mass is 10.0. The Bertz CT molecular complexity index is 526. The molecule has 1 saturated heterocycles. The van der Waals surface area contributed by atoms with E-state index in [0.29, 0.717) is 12.1 Å². The summed E-state index contributed by atoms with van der Waals surface area (Å²) in [6.45, 7) is 0.442. The first-order valence-electron chi connectivity index (χ1n) is 5.19. The fourth-order valence-electron chi connectivity index (χ4n) is 1.75. The Morgan fingerprint density at radius 3 is 2.94 bits per heavy atom. The normalized spacial score (nSPS) is 19.1. The van der Waals surface area contributed by atoms with Gasteiger partial charge in [0.1, 0.15) is 0 Å². The maximum Gasteiger partial charge on any atom is 0.239 e. The van der Waals surface area contributed by atoms with Crippen molar-refractivity contribution in [2.75, 3.05) is 11.6 Å². The number of carbonyl (C=O) groups is 1. The van der Waals surface area contributed by atoms with Crippen LogP contribution >= 0.6 is 0 Å². The maximum absolute atomic E-state index is 11.4. The summed E-state index contributed by atoms with van der Waals surface area (Å²) < 4.78 is 0. The molecule has 1 N–H and O–H groups in total. The molecule has 84 valence electrons. The smallest absolute Gasteiger partial charge is 0.239 e. The van der Waals surface area contributed by atoms with Crippen LogP contribution in [0.4, 0.5) is 5.69 Å². The molecule has 1 fully saturated rings. The number of benzene rings is 1. The van der Waals surface area contributed by atoms with Crippen LogP contribution in [-0.2, 0) is 4.79 Å². The van der Waals surface area contributed by atoms with Crippen LogP contribution in [0.2, 0.25) is 0 Å². The molecule has 1 aromatic carbocycles. The molecular formula is C12H10N4O. The molecule has 0 radical (unpaired) electrons. The number of hydrogen-bond acceptors (Lipinski definition) is 4. The highest BCUT2D eigenvalue weighted by Crippen LogP contribution is 2.19. The van der Waals surface area contributed by atoms with E-state index in [1.54, 1.807) is 29.3 Å². The van der Waals surface area contributed by atoms with Crippen LogP contribution in [0.3, 0.4) is 0 Å². The number of hydrogen-bond donors (Lipinski definition) is 1. The second-order valence-corrected chi connectivity index (χ2v) is 3.84. The van der Waals surface area contributed by atoms with Crippen molar-refractivity contribution < 1.29 is 4.79 Å². The summed E-state index contributed by atoms with van der Waals surface area (Å²) in [6.07, 6.45) is 0.227. The van der Waals surface area contributed by atoms with Crippen molar-refractivity contribution in [3.63, 3.8) is 0 Å². The van der Waals surface area contributed by atoms with Gasteiger partial charge in [0.2, 0.25) is 5.91 Å². The summed E-state index contributed by atoms with van der Waals surface area (Å²) in [4.78, 5) is 11.4. The minimum absolute atomic E-state index is 0.176. The van der Waals surface area contributed by atoms with E-state index in [2.05, 4.69) is 11.5 Å². The fourth-order valence-corrected chi connectivity index (χ4v) is 1.75. The van der Waals surface area contributed by atoms with Gasteiger partial charge in [0.15, 0.2) is 0 Å². The molecule has 1 heterocycles. The van der Waals surface area contributed by atoms with Crippen LogP contribution < -0.4 is 10.4 Å². The molecule has 0 aromatic heterocycles. The lowest BCUT2D eigenvalue weighted by Crippen LogP contribution is -2.50. The number of nitriles is 2. The largest absolute Gasteiger partial charge is 0.284 e. The highest BCUT2D eigenvalue weighted by molar-refractivity contribution is 5.80. The lowest BCUT2D eigenvalue weighted by molar-refractivity contribution is -0.123. The average molecular weight is 226 g/mol. The Morgan fingerprint density at radius 1 is 1.41 bits per heavy atom. The van der Waals surface area contributed by atoms with Gasteiger partial charge in [-0.1, -0.05) is 6.07 Å². The molecule has 1 aromatic rings. The summed E-state index contributed by atoms with van der Waals surface area (Å²) in [6, 6.07) is 11.0. The monoisotopic (exact) mass is 226 g/mol. The zero-order chi connectivity index (χ0) is 12.3. The summed E-state index contributed by atoms with van der Waals surface area (Å²) in [5, 5.41) is 19.3. The summed E-state index contributed by atoms with van der Waals surface area (Å²) in [7, 11) is 0. The molecular weight excluding hydrogens is 216 g/mol. The van der Waals surface area contributed by atoms with Gasteiger partial charge in [0.05, 0.1) is 35.9 Å². The molecule has 5 heteroatoms. The zero-order valence-electron chi connectivity index (χ0n) is 9.05. The third-order valence-corrected chi connectivity index (χ3v) is 2.56. The molecule has 1 unspecified atom stereocenters. The Hall–Kier alpha value is -2.53. The number of nitrogens with zero attached hydrogens (tertiary/aromatic N) is 3. The van der Waals surface area contributed by atoms with Crippen molar-refractivity contribution in [2.45, 2.75) is 6.42 Å². The SMILES string of the molecule is N#Cc1cccc(N2CC(C#N)CC(=O)N2)c1. The van der Waals surface area contributed by atoms with E-state index in [1.807, 2.05) is 6.07 Å². The molecule has 1 amide bonds. The standard InChI is InChI=1S/C12H10N4O/c13-6-9-2-1-3-11(4-9)16-8-10(7-14)5-12(17)15-16/h1-4,10H,5,8H2,(H,15,17). The van der Waals surface area contributed by atoms with E-state index in [0.717, 1.165) is 5.69 Å². The van der Waals surface area contributed by atoms with Crippen LogP contribution in [0.25, 0.3) is 0 Å². The van der Waals surface area contributed by atoms with E-state index in [-0.39, 0.29) is 18.2 Å². The molecule has 1 atom stereocenters. The van der Waals surface area contributed by atoms with Crippen molar-refractivity contribution >= 4 is 11.6 Å². The molecule has 5 nitrogen and oxygen atoms in total. The fraction of sp³-hybridized carbons (Fsp3) is 0.250. The van der Waals surface area contributed by atoms with Gasteiger partial charge in [-0.15, -0.1) is 0 Å². The molecule has 0 aliphatic carbocycles. The number of hydrazine groups is 1. The van der Waals surface area contributed by atoms with Gasteiger partial charge < -0.3 is 0 Å². The first kappa shape index (κ1) is 11.0. The van der Waals surface area contributed by atoms with Gasteiger partial charge in [-0.2, -0.15) is 10.5 Å². The van der Waals surface area contributed by atoms with Gasteiger partial charge in [-0.3, -0.25) is 15.2 Å². The molecule has 2 rings (SSSR count). The summed E-state index contributed by atoms with van der Waals surface area (Å²) in [5.74, 6) is -0.486. The number of anilines is 1. The first-order chi connectivity index (χ1) is 8.22. The van der Waals surface area contributed by atoms with Gasteiger partial charge in [0, 0.05) is 6.42 Å². The van der Waals surface area contributed by atoms with E-state index >= 15 is 0 Å². The molecule has 0 bridgehead atoms. The minimum Gasteiger partial charge on any atom is -0.284 e. The third kappa shape index (κ3) is 2.35. The van der Waals surface area contributed by atoms with Crippen LogP contribution in [0, 0.1) is 28.6 Å². The molecule has 1 aliphatic heterocycles. The van der Waals surface area contributed by atoms with Crippen LogP contribution in [0.5, 0.6) is 0 Å². The van der Waals surface area contributed by atoms with Crippen molar-refractivity contribution in [3.8, 4) is 12.1 Å². The number of amides is 1. The Labute approximate surface area is 98.8 Å². The molecule has 0 saturated carbocycles. The highest BCUT2D eigenvalue weighted by atomic mass is 16.2. The predicted molar refractivity (Wildman–Crippen MR) is 60.4 cm³/mol. The van der Waals surface area contributed by atoms with E-state index in [4.69, 9.17) is 10.5 Å². The number of nitrogens with one attached hydrogen (secondary N) is 1. The number of rotatable bonds is 1. The average Bonchev–Trinajstić information content (AvgIpc) is 2.38. The van der Waals surface area contributed by atoms with E-state index in [9.17, 15) is 4.79 Å². The number of carbonyl (C=O) groups excluding carboxylic acids is 1. The van der Waals surface area contributed by atoms with Gasteiger partial charge in [0.25, 0.3) is 0 Å². The predicted octanol–water partition coefficient (Wildman–Crippen LogP) is 0.939. The van der Waals surface area contributed by atoms with Gasteiger partial charge in [-0.05, 0) is 18.2 Å². The Morgan fingerprint density at radius 2 is 2.24 bits per heavy atom. The second-order valence-electron chi connectivity index (χ2n) is 3.84. The topological polar surface area (TPSA) is 79.9 Å². The Kier molecular flexibility index (Phi) is 2.93. The minimum atomic E-state index is -0.311. The summed E-state index contributed by atoms with van der Waals surface area (Å²) in [5.41, 5.74) is 3.93. The third-order valence-electron chi connectivity index (χ3n) is 2.56. The van der Waals surface area contributed by atoms with Crippen LogP contribution in [0.15, 0.2) is 24.3 Å². The van der Waals surface area contributed by atoms with Gasteiger partial charge >= 0.3 is 0 Å². The lowest BCUT2D eigenvalue weighted by Gasteiger charge is -2.31. The molecule has 1 aliphatic rings. The van der Waals surface area contributed by atoms with E-state index < -0.39 is 0 Å². The van der Waals surface area contributed by atoms with Gasteiger partial charge in [-0.25, -0.2) is 0 Å².